The summed E-state index contributed by atoms with van der Waals surface area (Å²) >= 11 is 1.53. The van der Waals surface area contributed by atoms with Gasteiger partial charge in [0.1, 0.15) is 11.4 Å². The first-order valence-corrected chi connectivity index (χ1v) is 11.7. The second kappa shape index (κ2) is 9.00. The number of thiophene rings is 1. The molecule has 0 radical (unpaired) electrons. The number of aliphatic hydroxyl groups excluding tert-OH is 1. The zero-order valence-electron chi connectivity index (χ0n) is 19.2. The van der Waals surface area contributed by atoms with Crippen LogP contribution in [0.15, 0.2) is 52.6 Å². The lowest BCUT2D eigenvalue weighted by Gasteiger charge is -2.29. The van der Waals surface area contributed by atoms with Gasteiger partial charge in [-0.15, -0.1) is 11.3 Å². The van der Waals surface area contributed by atoms with E-state index >= 15 is 0 Å². The zero-order valence-corrected chi connectivity index (χ0v) is 20.0. The number of phenols is 1. The van der Waals surface area contributed by atoms with Gasteiger partial charge >= 0.3 is 6.09 Å². The van der Waals surface area contributed by atoms with Gasteiger partial charge in [0, 0.05) is 23.7 Å². The van der Waals surface area contributed by atoms with Crippen LogP contribution in [0.5, 0.6) is 5.75 Å². The summed E-state index contributed by atoms with van der Waals surface area (Å²) in [5.41, 5.74) is 7.25. The van der Waals surface area contributed by atoms with Crippen molar-refractivity contribution < 1.29 is 19.7 Å². The van der Waals surface area contributed by atoms with Gasteiger partial charge in [-0.1, -0.05) is 12.1 Å². The van der Waals surface area contributed by atoms with Crippen molar-refractivity contribution in [2.24, 2.45) is 0 Å². The number of carbonyl (C=O) groups excluding carboxylic acids is 1. The molecule has 0 aliphatic rings. The summed E-state index contributed by atoms with van der Waals surface area (Å²) in [5.74, 6) is -0.102. The number of aromatic nitrogens is 1. The van der Waals surface area contributed by atoms with Crippen LogP contribution >= 0.6 is 11.3 Å². The van der Waals surface area contributed by atoms with E-state index in [2.05, 4.69) is 4.98 Å². The first-order chi connectivity index (χ1) is 16.0. The van der Waals surface area contributed by atoms with Crippen molar-refractivity contribution in [1.29, 1.82) is 0 Å². The number of carbonyl (C=O) groups is 1. The molecule has 2 heterocycles. The van der Waals surface area contributed by atoms with E-state index < -0.39 is 17.8 Å². The van der Waals surface area contributed by atoms with E-state index in [9.17, 15) is 19.8 Å². The van der Waals surface area contributed by atoms with Gasteiger partial charge in [-0.05, 0) is 66.9 Å². The summed E-state index contributed by atoms with van der Waals surface area (Å²) < 4.78 is 6.56. The van der Waals surface area contributed by atoms with Crippen molar-refractivity contribution in [2.75, 3.05) is 12.3 Å². The van der Waals surface area contributed by atoms with Gasteiger partial charge in [0.05, 0.1) is 22.9 Å². The van der Waals surface area contributed by atoms with E-state index in [1.165, 1.54) is 28.4 Å². The molecule has 0 saturated carbocycles. The molecule has 9 heteroatoms. The molecule has 1 atom stereocenters. The van der Waals surface area contributed by atoms with E-state index in [4.69, 9.17) is 10.5 Å². The molecule has 0 spiro atoms. The Labute approximate surface area is 200 Å². The Balaban J connectivity index is 1.70. The summed E-state index contributed by atoms with van der Waals surface area (Å²) in [6.07, 6.45) is -1.67. The lowest BCUT2D eigenvalue weighted by Crippen LogP contribution is -2.38. The fourth-order valence-electron chi connectivity index (χ4n) is 3.87. The SMILES string of the molecule is CC(C)(C)OC(=O)N(Cc1ccc(N)c2sccc12)C[C@H](O)c1ccc(O)c2[nH]c(=O)ccc12. The van der Waals surface area contributed by atoms with Gasteiger partial charge < -0.3 is 30.6 Å². The van der Waals surface area contributed by atoms with Crippen LogP contribution in [0.2, 0.25) is 0 Å². The number of nitrogens with one attached hydrogen (secondary N) is 1. The number of nitrogens with zero attached hydrogens (tertiary/aromatic N) is 1. The van der Waals surface area contributed by atoms with E-state index in [1.54, 1.807) is 32.9 Å². The molecule has 2 aromatic carbocycles. The van der Waals surface area contributed by atoms with Crippen LogP contribution in [0, 0.1) is 0 Å². The minimum absolute atomic E-state index is 0.0656. The van der Waals surface area contributed by atoms with Crippen molar-refractivity contribution in [3.05, 3.63) is 69.3 Å². The highest BCUT2D eigenvalue weighted by molar-refractivity contribution is 7.17. The van der Waals surface area contributed by atoms with Gasteiger partial charge in [0.15, 0.2) is 0 Å². The molecule has 1 amide bonds. The topological polar surface area (TPSA) is 129 Å². The number of nitrogens with two attached hydrogens (primary N) is 1. The van der Waals surface area contributed by atoms with E-state index in [1.807, 2.05) is 23.6 Å². The third-order valence-corrected chi connectivity index (χ3v) is 6.37. The smallest absolute Gasteiger partial charge is 0.410 e. The molecular formula is C25H27N3O5S. The molecule has 0 fully saturated rings. The summed E-state index contributed by atoms with van der Waals surface area (Å²) in [7, 11) is 0. The standard InChI is InChI=1S/C25H27N3O5S/c1-25(2,3)33-24(32)28(12-14-4-7-18(26)23-15(14)10-11-34-23)13-20(30)16-5-8-19(29)22-17(16)6-9-21(31)27-22/h4-11,20,29-30H,12-13,26H2,1-3H3,(H,27,31)/t20-/m0/s1. The Hall–Kier alpha value is -3.56. The molecule has 0 aliphatic carbocycles. The number of phenolic OH excluding ortho intramolecular Hbond substituents is 1. The predicted molar refractivity (Wildman–Crippen MR) is 134 cm³/mol. The maximum Gasteiger partial charge on any atom is 0.410 e. The molecule has 4 rings (SSSR count). The maximum absolute atomic E-state index is 13.1. The highest BCUT2D eigenvalue weighted by Crippen LogP contribution is 2.32. The number of H-pyrrole nitrogens is 1. The molecule has 4 aromatic rings. The van der Waals surface area contributed by atoms with Crippen LogP contribution in [-0.2, 0) is 11.3 Å². The number of benzene rings is 2. The number of anilines is 1. The highest BCUT2D eigenvalue weighted by atomic mass is 32.1. The fraction of sp³-hybridized carbons (Fsp3) is 0.280. The Morgan fingerprint density at radius 1 is 1.15 bits per heavy atom. The number of aromatic hydroxyl groups is 1. The number of aromatic amines is 1. The van der Waals surface area contributed by atoms with Crippen LogP contribution in [0.25, 0.3) is 21.0 Å². The number of hydrogen-bond donors (Lipinski definition) is 4. The molecule has 0 unspecified atom stereocenters. The number of fused-ring (bicyclic) bond motifs is 2. The Kier molecular flexibility index (Phi) is 6.24. The van der Waals surface area contributed by atoms with Crippen LogP contribution in [0.1, 0.15) is 38.0 Å². The number of ether oxygens (including phenoxy) is 1. The molecule has 8 nitrogen and oxygen atoms in total. The number of rotatable bonds is 5. The normalized spacial score (nSPS) is 12.7. The van der Waals surface area contributed by atoms with Crippen molar-refractivity contribution in [3.63, 3.8) is 0 Å². The van der Waals surface area contributed by atoms with Crippen molar-refractivity contribution in [2.45, 2.75) is 39.0 Å². The summed E-state index contributed by atoms with van der Waals surface area (Å²) in [6, 6.07) is 11.5. The molecule has 5 N–H and O–H groups in total. The molecule has 2 aromatic heterocycles. The number of pyridine rings is 1. The van der Waals surface area contributed by atoms with E-state index in [0.29, 0.717) is 16.6 Å². The van der Waals surface area contributed by atoms with E-state index in [-0.39, 0.29) is 29.9 Å². The lowest BCUT2D eigenvalue weighted by atomic mass is 10.0. The van der Waals surface area contributed by atoms with Crippen molar-refractivity contribution in [1.82, 2.24) is 9.88 Å². The van der Waals surface area contributed by atoms with Crippen LogP contribution in [0.4, 0.5) is 10.5 Å². The molecule has 0 saturated heterocycles. The first-order valence-electron chi connectivity index (χ1n) is 10.8. The minimum Gasteiger partial charge on any atom is -0.506 e. The van der Waals surface area contributed by atoms with Crippen LogP contribution < -0.4 is 11.3 Å². The average molecular weight is 482 g/mol. The number of nitrogen functional groups attached to an aromatic ring is 1. The Morgan fingerprint density at radius 2 is 1.91 bits per heavy atom. The minimum atomic E-state index is -1.10. The van der Waals surface area contributed by atoms with Gasteiger partial charge in [0.25, 0.3) is 0 Å². The number of amides is 1. The van der Waals surface area contributed by atoms with Crippen LogP contribution in [-0.4, -0.2) is 38.3 Å². The van der Waals surface area contributed by atoms with Crippen LogP contribution in [0.3, 0.4) is 0 Å². The maximum atomic E-state index is 13.1. The lowest BCUT2D eigenvalue weighted by molar-refractivity contribution is 0.0126. The largest absolute Gasteiger partial charge is 0.506 e. The summed E-state index contributed by atoms with van der Waals surface area (Å²) in [6.45, 7) is 5.48. The predicted octanol–water partition coefficient (Wildman–Crippen LogP) is 4.50. The second-order valence-electron chi connectivity index (χ2n) is 9.14. The van der Waals surface area contributed by atoms with Gasteiger partial charge in [0.2, 0.25) is 5.56 Å². The van der Waals surface area contributed by atoms with Gasteiger partial charge in [-0.25, -0.2) is 4.79 Å². The van der Waals surface area contributed by atoms with Crippen molar-refractivity contribution in [3.8, 4) is 5.75 Å². The molecule has 0 aliphatic heterocycles. The Morgan fingerprint density at radius 3 is 2.65 bits per heavy atom. The third-order valence-electron chi connectivity index (χ3n) is 5.41. The highest BCUT2D eigenvalue weighted by Gasteiger charge is 2.26. The third kappa shape index (κ3) is 4.85. The zero-order chi connectivity index (χ0) is 24.6. The summed E-state index contributed by atoms with van der Waals surface area (Å²) in [4.78, 5) is 28.9. The quantitative estimate of drug-likeness (QED) is 0.311. The first kappa shape index (κ1) is 23.6. The summed E-state index contributed by atoms with van der Waals surface area (Å²) in [5, 5.41) is 24.7. The van der Waals surface area contributed by atoms with Gasteiger partial charge in [-0.2, -0.15) is 0 Å². The van der Waals surface area contributed by atoms with Crippen molar-refractivity contribution >= 4 is 44.1 Å². The average Bonchev–Trinajstić information content (AvgIpc) is 3.25. The molecule has 178 valence electrons. The number of hydrogen-bond acceptors (Lipinski definition) is 7. The number of aliphatic hydroxyl groups is 1. The molecule has 34 heavy (non-hydrogen) atoms. The van der Waals surface area contributed by atoms with E-state index in [0.717, 1.165) is 15.6 Å². The second-order valence-corrected chi connectivity index (χ2v) is 10.1. The van der Waals surface area contributed by atoms with Gasteiger partial charge in [-0.3, -0.25) is 4.79 Å². The fourth-order valence-corrected chi connectivity index (χ4v) is 4.74. The molecular weight excluding hydrogens is 454 g/mol. The monoisotopic (exact) mass is 481 g/mol. The Bertz CT molecular complexity index is 1420. The molecule has 0 bridgehead atoms.